The van der Waals surface area contributed by atoms with E-state index in [9.17, 15) is 9.59 Å². The third kappa shape index (κ3) is 1.58. The van der Waals surface area contributed by atoms with Crippen LogP contribution in [0.15, 0.2) is 10.6 Å². The van der Waals surface area contributed by atoms with Gasteiger partial charge >= 0.3 is 11.9 Å². The van der Waals surface area contributed by atoms with E-state index in [1.807, 2.05) is 0 Å². The summed E-state index contributed by atoms with van der Waals surface area (Å²) in [7, 11) is 0. The van der Waals surface area contributed by atoms with Crippen LogP contribution in [0.25, 0.3) is 0 Å². The van der Waals surface area contributed by atoms with Crippen LogP contribution < -0.4 is 0 Å². The lowest BCUT2D eigenvalue weighted by molar-refractivity contribution is -0.144. The van der Waals surface area contributed by atoms with Crippen molar-refractivity contribution in [2.45, 2.75) is 19.4 Å². The summed E-state index contributed by atoms with van der Waals surface area (Å²) in [6.45, 7) is 1.58. The van der Waals surface area contributed by atoms with Crippen molar-refractivity contribution in [1.82, 2.24) is 0 Å². The van der Waals surface area contributed by atoms with E-state index in [4.69, 9.17) is 16.7 Å². The first-order valence-corrected chi connectivity index (χ1v) is 3.69. The van der Waals surface area contributed by atoms with Crippen molar-refractivity contribution in [1.29, 1.82) is 0 Å². The van der Waals surface area contributed by atoms with E-state index < -0.39 is 18.0 Å². The molecule has 0 aromatic rings. The summed E-state index contributed by atoms with van der Waals surface area (Å²) in [6.07, 6.45) is -0.921. The standard InChI is InChI=1S/C7H7ClO4/c1-3-4(2-5(9)10)12-7(11)6(3)8/h4H,2H2,1H3,(H,9,10). The van der Waals surface area contributed by atoms with E-state index >= 15 is 0 Å². The first-order chi connectivity index (χ1) is 5.52. The molecule has 4 nitrogen and oxygen atoms in total. The third-order valence-electron chi connectivity index (χ3n) is 1.62. The Morgan fingerprint density at radius 2 is 2.33 bits per heavy atom. The number of carbonyl (C=O) groups is 2. The first-order valence-electron chi connectivity index (χ1n) is 3.31. The predicted molar refractivity (Wildman–Crippen MR) is 40.7 cm³/mol. The molecule has 1 atom stereocenters. The Labute approximate surface area is 73.8 Å². The second-order valence-corrected chi connectivity index (χ2v) is 2.87. The molecular weight excluding hydrogens is 184 g/mol. The van der Waals surface area contributed by atoms with E-state index in [2.05, 4.69) is 4.74 Å². The molecule has 1 rings (SSSR count). The summed E-state index contributed by atoms with van der Waals surface area (Å²) < 4.78 is 4.67. The summed E-state index contributed by atoms with van der Waals surface area (Å²) in [5.41, 5.74) is 0.490. The fraction of sp³-hybridized carbons (Fsp3) is 0.429. The van der Waals surface area contributed by atoms with Crippen molar-refractivity contribution in [3.63, 3.8) is 0 Å². The van der Waals surface area contributed by atoms with Gasteiger partial charge in [-0.15, -0.1) is 0 Å². The molecule has 1 unspecified atom stereocenters. The summed E-state index contributed by atoms with van der Waals surface area (Å²) in [4.78, 5) is 21.0. The summed E-state index contributed by atoms with van der Waals surface area (Å²) in [5, 5.41) is 8.41. The van der Waals surface area contributed by atoms with Gasteiger partial charge in [-0.05, 0) is 12.5 Å². The third-order valence-corrected chi connectivity index (χ3v) is 2.07. The van der Waals surface area contributed by atoms with Gasteiger partial charge < -0.3 is 9.84 Å². The van der Waals surface area contributed by atoms with Gasteiger partial charge in [0.25, 0.3) is 0 Å². The molecule has 1 aliphatic heterocycles. The number of halogens is 1. The Hall–Kier alpha value is -1.03. The molecular formula is C7H7ClO4. The average molecular weight is 191 g/mol. The fourth-order valence-corrected chi connectivity index (χ4v) is 1.09. The number of cyclic esters (lactones) is 1. The van der Waals surface area contributed by atoms with Crippen LogP contribution in [0, 0.1) is 0 Å². The number of carboxylic acid groups (broad SMARTS) is 1. The maximum absolute atomic E-state index is 10.8. The van der Waals surface area contributed by atoms with Crippen LogP contribution in [0.3, 0.4) is 0 Å². The highest BCUT2D eigenvalue weighted by Gasteiger charge is 2.31. The van der Waals surface area contributed by atoms with Crippen LogP contribution in [0.2, 0.25) is 0 Å². The first kappa shape index (κ1) is 9.06. The SMILES string of the molecule is CC1=C(Cl)C(=O)OC1CC(=O)O. The van der Waals surface area contributed by atoms with Crippen molar-refractivity contribution in [3.8, 4) is 0 Å². The molecule has 0 amide bonds. The van der Waals surface area contributed by atoms with E-state index in [0.717, 1.165) is 0 Å². The number of hydrogen-bond acceptors (Lipinski definition) is 3. The number of esters is 1. The van der Waals surface area contributed by atoms with Gasteiger partial charge in [0.2, 0.25) is 0 Å². The molecule has 5 heteroatoms. The second kappa shape index (κ2) is 3.15. The molecule has 0 aliphatic carbocycles. The topological polar surface area (TPSA) is 63.6 Å². The van der Waals surface area contributed by atoms with Gasteiger partial charge in [-0.25, -0.2) is 4.79 Å². The number of rotatable bonds is 2. The van der Waals surface area contributed by atoms with Gasteiger partial charge in [0.1, 0.15) is 11.1 Å². The van der Waals surface area contributed by atoms with Crippen molar-refractivity contribution in [2.24, 2.45) is 0 Å². The molecule has 66 valence electrons. The number of carbonyl (C=O) groups excluding carboxylic acids is 1. The van der Waals surface area contributed by atoms with E-state index in [-0.39, 0.29) is 11.5 Å². The Morgan fingerprint density at radius 1 is 1.75 bits per heavy atom. The minimum absolute atomic E-state index is 0.00116. The highest BCUT2D eigenvalue weighted by molar-refractivity contribution is 6.42. The highest BCUT2D eigenvalue weighted by Crippen LogP contribution is 2.26. The molecule has 0 spiro atoms. The quantitative estimate of drug-likeness (QED) is 0.657. The number of ether oxygens (including phenoxy) is 1. The zero-order valence-corrected chi connectivity index (χ0v) is 7.09. The molecule has 0 saturated heterocycles. The normalized spacial score (nSPS) is 22.8. The van der Waals surface area contributed by atoms with Gasteiger partial charge in [-0.2, -0.15) is 0 Å². The monoisotopic (exact) mass is 190 g/mol. The summed E-state index contributed by atoms with van der Waals surface area (Å²) in [6, 6.07) is 0. The zero-order valence-electron chi connectivity index (χ0n) is 6.33. The van der Waals surface area contributed by atoms with Gasteiger partial charge in [0, 0.05) is 0 Å². The second-order valence-electron chi connectivity index (χ2n) is 2.49. The Morgan fingerprint density at radius 3 is 2.67 bits per heavy atom. The largest absolute Gasteiger partial charge is 0.481 e. The Balaban J connectivity index is 2.73. The van der Waals surface area contributed by atoms with Crippen molar-refractivity contribution in [3.05, 3.63) is 10.6 Å². The smallest absolute Gasteiger partial charge is 0.350 e. The van der Waals surface area contributed by atoms with E-state index in [1.165, 1.54) is 0 Å². The maximum Gasteiger partial charge on any atom is 0.350 e. The van der Waals surface area contributed by atoms with Crippen LogP contribution in [0.5, 0.6) is 0 Å². The molecule has 1 N–H and O–H groups in total. The van der Waals surface area contributed by atoms with E-state index in [1.54, 1.807) is 6.92 Å². The van der Waals surface area contributed by atoms with Crippen LogP contribution in [-0.4, -0.2) is 23.1 Å². The van der Waals surface area contributed by atoms with Crippen LogP contribution >= 0.6 is 11.6 Å². The summed E-state index contributed by atoms with van der Waals surface area (Å²) in [5.74, 6) is -1.65. The lowest BCUT2D eigenvalue weighted by atomic mass is 10.1. The van der Waals surface area contributed by atoms with Gasteiger partial charge in [0.15, 0.2) is 0 Å². The number of carboxylic acids is 1. The molecule has 12 heavy (non-hydrogen) atoms. The van der Waals surface area contributed by atoms with Gasteiger partial charge in [-0.1, -0.05) is 11.6 Å². The lowest BCUT2D eigenvalue weighted by Gasteiger charge is -2.06. The van der Waals surface area contributed by atoms with Crippen molar-refractivity contribution >= 4 is 23.5 Å². The van der Waals surface area contributed by atoms with Crippen molar-refractivity contribution in [2.75, 3.05) is 0 Å². The minimum atomic E-state index is -1.02. The molecule has 0 radical (unpaired) electrons. The number of aliphatic carboxylic acids is 1. The molecule has 1 heterocycles. The van der Waals surface area contributed by atoms with Gasteiger partial charge in [-0.3, -0.25) is 4.79 Å². The average Bonchev–Trinajstić information content (AvgIpc) is 2.17. The number of hydrogen-bond donors (Lipinski definition) is 1. The molecule has 0 aromatic heterocycles. The lowest BCUT2D eigenvalue weighted by Crippen LogP contribution is -2.15. The Bertz CT molecular complexity index is 269. The van der Waals surface area contributed by atoms with Gasteiger partial charge in [0.05, 0.1) is 6.42 Å². The molecule has 0 aromatic carbocycles. The minimum Gasteiger partial charge on any atom is -0.481 e. The maximum atomic E-state index is 10.8. The predicted octanol–water partition coefficient (Wildman–Crippen LogP) is 0.899. The fourth-order valence-electron chi connectivity index (χ4n) is 0.925. The van der Waals surface area contributed by atoms with E-state index in [0.29, 0.717) is 5.57 Å². The summed E-state index contributed by atoms with van der Waals surface area (Å²) >= 11 is 5.50. The molecule has 0 bridgehead atoms. The van der Waals surface area contributed by atoms with Crippen LogP contribution in [-0.2, 0) is 14.3 Å². The Kier molecular flexibility index (Phi) is 2.38. The molecule has 1 aliphatic rings. The highest BCUT2D eigenvalue weighted by atomic mass is 35.5. The van der Waals surface area contributed by atoms with Crippen molar-refractivity contribution < 1.29 is 19.4 Å². The molecule has 0 saturated carbocycles. The molecule has 0 fully saturated rings. The zero-order chi connectivity index (χ0) is 9.30. The van der Waals surface area contributed by atoms with Crippen LogP contribution in [0.4, 0.5) is 0 Å². The van der Waals surface area contributed by atoms with Crippen LogP contribution in [0.1, 0.15) is 13.3 Å².